The van der Waals surface area contributed by atoms with E-state index in [4.69, 9.17) is 4.74 Å². The topological polar surface area (TPSA) is 95.9 Å². The Balaban J connectivity index is 4.76. The summed E-state index contributed by atoms with van der Waals surface area (Å²) >= 11 is 0. The SMILES string of the molecule is CC/C=C\C/C=C\C/C=C\C/C=C\C/C=C\C/C=C\C(CC(=O)NC(CO)C(O)CCCCCCCCCCCCCCCCC)OC(=O)CCCCCCCCC/C=C/C/C=C/CC. The van der Waals surface area contributed by atoms with Crippen molar-refractivity contribution in [1.29, 1.82) is 0 Å². The number of amides is 1. The van der Waals surface area contributed by atoms with Crippen molar-refractivity contribution in [1.82, 2.24) is 5.32 Å². The lowest BCUT2D eigenvalue weighted by Gasteiger charge is -2.23. The molecule has 3 atom stereocenters. The van der Waals surface area contributed by atoms with Crippen LogP contribution in [0.4, 0.5) is 0 Å². The fraction of sp³-hybridized carbons (Fsp3) is 0.695. The van der Waals surface area contributed by atoms with E-state index in [-0.39, 0.29) is 24.9 Å². The molecule has 0 heterocycles. The maximum atomic E-state index is 13.2. The maximum absolute atomic E-state index is 13.2. The van der Waals surface area contributed by atoms with Crippen LogP contribution in [0.15, 0.2) is 97.2 Å². The molecule has 0 aromatic rings. The van der Waals surface area contributed by atoms with Gasteiger partial charge in [-0.15, -0.1) is 0 Å². The fourth-order valence-corrected chi connectivity index (χ4v) is 7.64. The minimum atomic E-state index is -0.826. The number of hydrogen-bond donors (Lipinski definition) is 3. The van der Waals surface area contributed by atoms with Crippen molar-refractivity contribution in [2.75, 3.05) is 6.61 Å². The van der Waals surface area contributed by atoms with E-state index in [1.165, 1.54) is 103 Å². The van der Waals surface area contributed by atoms with E-state index in [0.717, 1.165) is 89.9 Å². The van der Waals surface area contributed by atoms with Crippen LogP contribution >= 0.6 is 0 Å². The molecule has 0 rings (SSSR count). The van der Waals surface area contributed by atoms with Crippen molar-refractivity contribution in [3.05, 3.63) is 97.2 Å². The highest BCUT2D eigenvalue weighted by molar-refractivity contribution is 5.78. The highest BCUT2D eigenvalue weighted by Gasteiger charge is 2.23. The Morgan fingerprint density at radius 1 is 0.477 bits per heavy atom. The zero-order valence-electron chi connectivity index (χ0n) is 42.3. The van der Waals surface area contributed by atoms with Gasteiger partial charge in [-0.1, -0.05) is 240 Å². The molecule has 3 N–H and O–H groups in total. The van der Waals surface area contributed by atoms with Crippen molar-refractivity contribution in [2.45, 2.75) is 257 Å². The van der Waals surface area contributed by atoms with Crippen molar-refractivity contribution < 1.29 is 24.5 Å². The number of unbranched alkanes of at least 4 members (excludes halogenated alkanes) is 21. The zero-order chi connectivity index (χ0) is 47.4. The summed E-state index contributed by atoms with van der Waals surface area (Å²) < 4.78 is 5.83. The smallest absolute Gasteiger partial charge is 0.306 e. The van der Waals surface area contributed by atoms with Gasteiger partial charge in [-0.25, -0.2) is 0 Å². The molecule has 65 heavy (non-hydrogen) atoms. The van der Waals surface area contributed by atoms with Crippen molar-refractivity contribution in [2.24, 2.45) is 0 Å². The average Bonchev–Trinajstić information content (AvgIpc) is 3.30. The number of ether oxygens (including phenoxy) is 1. The number of rotatable bonds is 47. The van der Waals surface area contributed by atoms with Crippen LogP contribution in [0, 0.1) is 0 Å². The number of nitrogens with one attached hydrogen (secondary N) is 1. The standard InChI is InChI=1S/C59H101NO5/c1-4-7-10-13-16-19-22-25-28-29-31-32-35-38-41-44-47-50-55(65-59(64)52-49-46-43-40-37-34-27-24-21-18-15-12-9-6-3)53-58(63)60-56(54-61)57(62)51-48-45-42-39-36-33-30-26-23-20-17-14-11-8-5-2/h7,9-10,12,16,18-19,21,25,28,31-32,38,41,47,50,55-57,61-62H,4-6,8,11,13-15,17,20,22-24,26-27,29-30,33-37,39-40,42-46,48-49,51-54H2,1-3H3,(H,60,63)/b10-7-,12-9+,19-16-,21-18+,28-25-,32-31-,41-38-,50-47-. The van der Waals surface area contributed by atoms with Gasteiger partial charge in [0.15, 0.2) is 0 Å². The van der Waals surface area contributed by atoms with Gasteiger partial charge in [-0.2, -0.15) is 0 Å². The molecule has 0 bridgehead atoms. The summed E-state index contributed by atoms with van der Waals surface area (Å²) in [5, 5.41) is 23.8. The third kappa shape index (κ3) is 47.1. The summed E-state index contributed by atoms with van der Waals surface area (Å²) in [4.78, 5) is 26.1. The summed E-state index contributed by atoms with van der Waals surface area (Å²) in [5.74, 6) is -0.643. The fourth-order valence-electron chi connectivity index (χ4n) is 7.64. The van der Waals surface area contributed by atoms with Crippen molar-refractivity contribution >= 4 is 11.9 Å². The Morgan fingerprint density at radius 2 is 0.862 bits per heavy atom. The molecular formula is C59H101NO5. The Hall–Kier alpha value is -3.22. The number of carbonyl (C=O) groups excluding carboxylic acids is 2. The highest BCUT2D eigenvalue weighted by Crippen LogP contribution is 2.16. The van der Waals surface area contributed by atoms with Crippen molar-refractivity contribution in [3.63, 3.8) is 0 Å². The van der Waals surface area contributed by atoms with Crippen LogP contribution in [0.1, 0.15) is 239 Å². The average molecular weight is 904 g/mol. The van der Waals surface area contributed by atoms with Gasteiger partial charge >= 0.3 is 5.97 Å². The van der Waals surface area contributed by atoms with Crippen LogP contribution in [-0.2, 0) is 14.3 Å². The summed E-state index contributed by atoms with van der Waals surface area (Å²) in [5.41, 5.74) is 0. The quantitative estimate of drug-likeness (QED) is 0.0321. The van der Waals surface area contributed by atoms with E-state index in [1.807, 2.05) is 6.08 Å². The van der Waals surface area contributed by atoms with Gasteiger partial charge < -0.3 is 20.3 Å². The van der Waals surface area contributed by atoms with Crippen LogP contribution in [0.25, 0.3) is 0 Å². The lowest BCUT2D eigenvalue weighted by atomic mass is 10.0. The molecule has 0 aromatic carbocycles. The molecular weight excluding hydrogens is 803 g/mol. The van der Waals surface area contributed by atoms with Gasteiger partial charge in [0.2, 0.25) is 5.91 Å². The summed E-state index contributed by atoms with van der Waals surface area (Å²) in [6.45, 7) is 6.23. The molecule has 0 spiro atoms. The van der Waals surface area contributed by atoms with Crippen LogP contribution < -0.4 is 5.32 Å². The molecule has 0 aliphatic rings. The second kappa shape index (κ2) is 51.8. The monoisotopic (exact) mass is 904 g/mol. The first kappa shape index (κ1) is 61.8. The number of hydrogen-bond acceptors (Lipinski definition) is 5. The first-order valence-corrected chi connectivity index (χ1v) is 27.0. The molecule has 0 fully saturated rings. The van der Waals surface area contributed by atoms with Gasteiger partial charge in [-0.05, 0) is 83.1 Å². The number of allylic oxidation sites excluding steroid dienone is 15. The van der Waals surface area contributed by atoms with Crippen LogP contribution in [0.3, 0.4) is 0 Å². The first-order chi connectivity index (χ1) is 32.0. The molecule has 0 aromatic heterocycles. The molecule has 6 nitrogen and oxygen atoms in total. The molecule has 372 valence electrons. The predicted molar refractivity (Wildman–Crippen MR) is 282 cm³/mol. The van der Waals surface area contributed by atoms with E-state index in [2.05, 4.69) is 111 Å². The molecule has 0 aliphatic carbocycles. The summed E-state index contributed by atoms with van der Waals surface area (Å²) in [6.07, 6.45) is 69.3. The molecule has 0 radical (unpaired) electrons. The lowest BCUT2D eigenvalue weighted by Crippen LogP contribution is -2.46. The third-order valence-corrected chi connectivity index (χ3v) is 11.7. The van der Waals surface area contributed by atoms with E-state index in [0.29, 0.717) is 19.3 Å². The van der Waals surface area contributed by atoms with Gasteiger partial charge in [0.1, 0.15) is 6.10 Å². The van der Waals surface area contributed by atoms with Gasteiger partial charge in [0.05, 0.1) is 25.2 Å². The summed E-state index contributed by atoms with van der Waals surface area (Å²) in [6, 6.07) is -0.750. The Bertz CT molecular complexity index is 1290. The lowest BCUT2D eigenvalue weighted by molar-refractivity contribution is -0.148. The molecule has 3 unspecified atom stereocenters. The highest BCUT2D eigenvalue weighted by atomic mass is 16.5. The van der Waals surface area contributed by atoms with Gasteiger partial charge in [0.25, 0.3) is 0 Å². The van der Waals surface area contributed by atoms with Gasteiger partial charge in [-0.3, -0.25) is 9.59 Å². The van der Waals surface area contributed by atoms with Crippen LogP contribution in [-0.4, -0.2) is 46.9 Å². The van der Waals surface area contributed by atoms with Gasteiger partial charge in [0, 0.05) is 6.42 Å². The zero-order valence-corrected chi connectivity index (χ0v) is 42.3. The van der Waals surface area contributed by atoms with E-state index >= 15 is 0 Å². The molecule has 0 saturated carbocycles. The predicted octanol–water partition coefficient (Wildman–Crippen LogP) is 16.5. The Morgan fingerprint density at radius 3 is 1.31 bits per heavy atom. The van der Waals surface area contributed by atoms with E-state index in [9.17, 15) is 19.8 Å². The Kier molecular flexibility index (Phi) is 49.2. The maximum Gasteiger partial charge on any atom is 0.306 e. The minimum Gasteiger partial charge on any atom is -0.458 e. The Labute approximate surface area is 401 Å². The third-order valence-electron chi connectivity index (χ3n) is 11.7. The number of carbonyl (C=O) groups is 2. The van der Waals surface area contributed by atoms with Crippen LogP contribution in [0.2, 0.25) is 0 Å². The molecule has 0 aliphatic heterocycles. The largest absolute Gasteiger partial charge is 0.458 e. The van der Waals surface area contributed by atoms with Crippen LogP contribution in [0.5, 0.6) is 0 Å². The molecule has 1 amide bonds. The number of aliphatic hydroxyl groups is 2. The van der Waals surface area contributed by atoms with E-state index in [1.54, 1.807) is 6.08 Å². The molecule has 6 heteroatoms. The number of aliphatic hydroxyl groups excluding tert-OH is 2. The number of esters is 1. The van der Waals surface area contributed by atoms with E-state index < -0.39 is 18.2 Å². The second-order valence-electron chi connectivity index (χ2n) is 17.9. The minimum absolute atomic E-state index is 0.0548. The summed E-state index contributed by atoms with van der Waals surface area (Å²) in [7, 11) is 0. The first-order valence-electron chi connectivity index (χ1n) is 27.0. The molecule has 0 saturated heterocycles. The second-order valence-corrected chi connectivity index (χ2v) is 17.9. The van der Waals surface area contributed by atoms with Crippen molar-refractivity contribution in [3.8, 4) is 0 Å². The normalized spacial score (nSPS) is 14.0.